The van der Waals surface area contributed by atoms with Crippen LogP contribution in [-0.2, 0) is 21.9 Å². The molecular weight excluding hydrogens is 584 g/mol. The maximum atomic E-state index is 14.2. The van der Waals surface area contributed by atoms with Gasteiger partial charge in [-0.3, -0.25) is 9.59 Å². The molecule has 2 heterocycles. The molecule has 2 aliphatic heterocycles. The number of allylic oxidation sites excluding steroid dienone is 1. The molecule has 2 aliphatic rings. The molecule has 6 nitrogen and oxygen atoms in total. The van der Waals surface area contributed by atoms with E-state index >= 15 is 0 Å². The molecular formula is C29H31F6N3O3S. The molecule has 42 heavy (non-hydrogen) atoms. The Morgan fingerprint density at radius 2 is 1.64 bits per heavy atom. The Hall–Kier alpha value is -3.19. The van der Waals surface area contributed by atoms with Crippen molar-refractivity contribution in [2.75, 3.05) is 51.3 Å². The number of halogens is 6. The van der Waals surface area contributed by atoms with Crippen LogP contribution in [0.15, 0.2) is 58.5 Å². The zero-order chi connectivity index (χ0) is 30.5. The number of anilines is 1. The van der Waals surface area contributed by atoms with Crippen LogP contribution in [0.1, 0.15) is 41.3 Å². The van der Waals surface area contributed by atoms with Crippen LogP contribution in [0, 0.1) is 5.92 Å². The maximum absolute atomic E-state index is 14.2. The van der Waals surface area contributed by atoms with Gasteiger partial charge in [0.1, 0.15) is 0 Å². The normalized spacial score (nSPS) is 17.1. The Bertz CT molecular complexity index is 1300. The van der Waals surface area contributed by atoms with Crippen LogP contribution in [0.5, 0.6) is 0 Å². The van der Waals surface area contributed by atoms with Gasteiger partial charge in [-0.25, -0.2) is 0 Å². The summed E-state index contributed by atoms with van der Waals surface area (Å²) in [5.41, 5.74) is -4.34. The number of nitrogens with one attached hydrogen (secondary N) is 1. The first-order chi connectivity index (χ1) is 19.8. The summed E-state index contributed by atoms with van der Waals surface area (Å²) in [6.07, 6.45) is -7.04. The van der Waals surface area contributed by atoms with Gasteiger partial charge in [-0.15, -0.1) is 0 Å². The average Bonchev–Trinajstić information content (AvgIpc) is 2.94. The largest absolute Gasteiger partial charge is 0.418 e. The van der Waals surface area contributed by atoms with E-state index in [1.165, 1.54) is 19.2 Å². The zero-order valence-electron chi connectivity index (χ0n) is 22.9. The summed E-state index contributed by atoms with van der Waals surface area (Å²) in [6, 6.07) is 8.15. The number of rotatable bonds is 8. The van der Waals surface area contributed by atoms with Gasteiger partial charge in [-0.1, -0.05) is 17.8 Å². The summed E-state index contributed by atoms with van der Waals surface area (Å²) >= 11 is 0.551. The fraction of sp³-hybridized carbons (Fsp3) is 0.448. The Morgan fingerprint density at radius 1 is 0.976 bits per heavy atom. The van der Waals surface area contributed by atoms with Gasteiger partial charge < -0.3 is 19.9 Å². The number of amides is 1. The molecule has 0 spiro atoms. The van der Waals surface area contributed by atoms with Crippen LogP contribution in [0.3, 0.4) is 0 Å². The molecule has 0 bridgehead atoms. The van der Waals surface area contributed by atoms with Crippen molar-refractivity contribution in [2.24, 2.45) is 5.92 Å². The first-order valence-corrected chi connectivity index (χ1v) is 14.3. The van der Waals surface area contributed by atoms with Crippen molar-refractivity contribution in [3.05, 3.63) is 65.4 Å². The molecule has 0 saturated carbocycles. The van der Waals surface area contributed by atoms with Gasteiger partial charge in [0.25, 0.3) is 0 Å². The molecule has 0 aromatic heterocycles. The van der Waals surface area contributed by atoms with E-state index in [4.69, 9.17) is 4.74 Å². The van der Waals surface area contributed by atoms with Crippen molar-refractivity contribution in [1.29, 1.82) is 0 Å². The van der Waals surface area contributed by atoms with Crippen molar-refractivity contribution < 1.29 is 40.7 Å². The van der Waals surface area contributed by atoms with Crippen LogP contribution in [0.2, 0.25) is 0 Å². The Balaban J connectivity index is 1.56. The molecule has 0 radical (unpaired) electrons. The van der Waals surface area contributed by atoms with Crippen LogP contribution in [0.4, 0.5) is 32.0 Å². The fourth-order valence-corrected chi connectivity index (χ4v) is 5.99. The second-order valence-corrected chi connectivity index (χ2v) is 11.3. The number of likely N-dealkylation sites (tertiary alicyclic amines) is 1. The zero-order valence-corrected chi connectivity index (χ0v) is 23.7. The summed E-state index contributed by atoms with van der Waals surface area (Å²) in [5, 5.41) is 3.25. The molecule has 0 unspecified atom stereocenters. The Kier molecular flexibility index (Phi) is 10.1. The number of benzene rings is 2. The number of hydrogen-bond acceptors (Lipinski definition) is 6. The highest BCUT2D eigenvalue weighted by Crippen LogP contribution is 2.48. The molecule has 1 N–H and O–H groups in total. The van der Waals surface area contributed by atoms with Crippen LogP contribution in [-0.4, -0.2) is 67.4 Å². The van der Waals surface area contributed by atoms with E-state index in [9.17, 15) is 35.9 Å². The van der Waals surface area contributed by atoms with Gasteiger partial charge >= 0.3 is 12.4 Å². The number of carbonyl (C=O) groups is 2. The topological polar surface area (TPSA) is 61.9 Å². The highest BCUT2D eigenvalue weighted by atomic mass is 32.2. The van der Waals surface area contributed by atoms with Crippen LogP contribution >= 0.6 is 11.8 Å². The second-order valence-electron chi connectivity index (χ2n) is 10.1. The van der Waals surface area contributed by atoms with E-state index in [2.05, 4.69) is 5.32 Å². The van der Waals surface area contributed by atoms with E-state index < -0.39 is 39.7 Å². The van der Waals surface area contributed by atoms with Crippen molar-refractivity contribution in [1.82, 2.24) is 9.80 Å². The van der Waals surface area contributed by atoms with Crippen LogP contribution in [0.25, 0.3) is 0 Å². The SMILES string of the molecule is CC(=O)N1CCC(CNc2cccc(Sc3ccc(C(=O)C=CN4CCOCC4)c(C(F)(F)F)c3C(F)(F)F)c2)CC1. The lowest BCUT2D eigenvalue weighted by Crippen LogP contribution is -2.38. The third kappa shape index (κ3) is 8.21. The summed E-state index contributed by atoms with van der Waals surface area (Å²) in [6.45, 7) is 4.97. The van der Waals surface area contributed by atoms with E-state index in [-0.39, 0.29) is 5.91 Å². The lowest BCUT2D eigenvalue weighted by Gasteiger charge is -2.31. The minimum Gasteiger partial charge on any atom is -0.385 e. The molecule has 2 aromatic rings. The minimum atomic E-state index is -5.43. The van der Waals surface area contributed by atoms with E-state index in [0.717, 1.165) is 31.1 Å². The monoisotopic (exact) mass is 615 g/mol. The smallest absolute Gasteiger partial charge is 0.385 e. The standard InChI is InChI=1S/C29H31F6N3O3S/c1-19(39)38-11-7-20(8-12-38)18-36-21-3-2-4-22(17-21)42-25-6-5-23(24(40)9-10-37-13-15-41-16-14-37)26(28(30,31)32)27(25)29(33,34)35/h2-6,9-10,17,20,36H,7-8,11-16,18H2,1H3. The number of hydrogen-bond donors (Lipinski definition) is 1. The average molecular weight is 616 g/mol. The number of ketones is 1. The van der Waals surface area contributed by atoms with Gasteiger partial charge in [0.2, 0.25) is 5.91 Å². The second kappa shape index (κ2) is 13.4. The van der Waals surface area contributed by atoms with Gasteiger partial charge in [0, 0.05) is 73.0 Å². The van der Waals surface area contributed by atoms with Crippen LogP contribution < -0.4 is 5.32 Å². The Labute approximate surface area is 244 Å². The molecule has 2 fully saturated rings. The first kappa shape index (κ1) is 31.7. The fourth-order valence-electron chi connectivity index (χ4n) is 4.95. The van der Waals surface area contributed by atoms with Crippen molar-refractivity contribution in [3.8, 4) is 0 Å². The lowest BCUT2D eigenvalue weighted by atomic mass is 9.96. The molecule has 228 valence electrons. The van der Waals surface area contributed by atoms with Crippen molar-refractivity contribution in [2.45, 2.75) is 41.9 Å². The molecule has 2 saturated heterocycles. The molecule has 13 heteroatoms. The Morgan fingerprint density at radius 3 is 2.26 bits per heavy atom. The maximum Gasteiger partial charge on any atom is 0.418 e. The van der Waals surface area contributed by atoms with Gasteiger partial charge in [-0.05, 0) is 49.1 Å². The molecule has 0 atom stereocenters. The number of alkyl halides is 6. The summed E-state index contributed by atoms with van der Waals surface area (Å²) in [4.78, 5) is 27.4. The van der Waals surface area contributed by atoms with Crippen molar-refractivity contribution in [3.63, 3.8) is 0 Å². The quantitative estimate of drug-likeness (QED) is 0.206. The predicted octanol–water partition coefficient (Wildman–Crippen LogP) is 6.57. The van der Waals surface area contributed by atoms with E-state index in [0.29, 0.717) is 74.2 Å². The third-order valence-electron chi connectivity index (χ3n) is 7.20. The summed E-state index contributed by atoms with van der Waals surface area (Å²) < 4.78 is 90.4. The van der Waals surface area contributed by atoms with E-state index in [1.54, 1.807) is 28.0 Å². The molecule has 1 amide bonds. The first-order valence-electron chi connectivity index (χ1n) is 13.5. The van der Waals surface area contributed by atoms with Gasteiger partial charge in [0.15, 0.2) is 5.78 Å². The van der Waals surface area contributed by atoms with E-state index in [1.807, 2.05) is 0 Å². The highest BCUT2D eigenvalue weighted by molar-refractivity contribution is 7.99. The van der Waals surface area contributed by atoms with Gasteiger partial charge in [0.05, 0.1) is 24.3 Å². The van der Waals surface area contributed by atoms with Crippen molar-refractivity contribution >= 4 is 29.1 Å². The molecule has 4 rings (SSSR count). The molecule has 2 aromatic carbocycles. The minimum absolute atomic E-state index is 0.0277. The lowest BCUT2D eigenvalue weighted by molar-refractivity contribution is -0.163. The highest BCUT2D eigenvalue weighted by Gasteiger charge is 2.47. The number of carbonyl (C=O) groups excluding carboxylic acids is 2. The number of ether oxygens (including phenoxy) is 1. The number of nitrogens with zero attached hydrogens (tertiary/aromatic N) is 2. The number of piperidine rings is 1. The predicted molar refractivity (Wildman–Crippen MR) is 146 cm³/mol. The third-order valence-corrected chi connectivity index (χ3v) is 8.25. The number of morpholine rings is 1. The summed E-state index contributed by atoms with van der Waals surface area (Å²) in [5.74, 6) is -0.846. The molecule has 0 aliphatic carbocycles. The van der Waals surface area contributed by atoms with Gasteiger partial charge in [-0.2, -0.15) is 26.3 Å². The summed E-state index contributed by atoms with van der Waals surface area (Å²) in [7, 11) is 0.